The number of nitrogens with one attached hydrogen (secondary N) is 1. The third kappa shape index (κ3) is 2.36. The SMILES string of the molecule is O=C1c2ccccc2C(=O)N1CC1CNc2cc(Br)cc(F)c2O1. The molecule has 0 saturated heterocycles. The highest BCUT2D eigenvalue weighted by atomic mass is 79.9. The van der Waals surface area contributed by atoms with E-state index in [0.717, 1.165) is 4.90 Å². The Morgan fingerprint density at radius 1 is 1.21 bits per heavy atom. The van der Waals surface area contributed by atoms with Crippen molar-refractivity contribution in [2.45, 2.75) is 6.10 Å². The second-order valence-corrected chi connectivity index (χ2v) is 6.57. The largest absolute Gasteiger partial charge is 0.481 e. The molecule has 2 aromatic rings. The molecule has 7 heteroatoms. The summed E-state index contributed by atoms with van der Waals surface area (Å²) in [6.07, 6.45) is -0.518. The first-order valence-electron chi connectivity index (χ1n) is 7.39. The van der Waals surface area contributed by atoms with E-state index in [1.54, 1.807) is 30.3 Å². The fourth-order valence-corrected chi connectivity index (χ4v) is 3.38. The summed E-state index contributed by atoms with van der Waals surface area (Å²) in [6, 6.07) is 9.72. The Morgan fingerprint density at radius 3 is 2.54 bits per heavy atom. The molecule has 24 heavy (non-hydrogen) atoms. The Labute approximate surface area is 145 Å². The molecule has 0 fully saturated rings. The molecule has 0 aromatic heterocycles. The van der Waals surface area contributed by atoms with Crippen LogP contribution in [0.5, 0.6) is 5.75 Å². The Bertz CT molecular complexity index is 836. The number of anilines is 1. The number of imide groups is 1. The quantitative estimate of drug-likeness (QED) is 0.800. The number of benzene rings is 2. The Hall–Kier alpha value is -2.41. The van der Waals surface area contributed by atoms with Crippen molar-refractivity contribution in [2.24, 2.45) is 0 Å². The van der Waals surface area contributed by atoms with Gasteiger partial charge in [-0.1, -0.05) is 28.1 Å². The van der Waals surface area contributed by atoms with Gasteiger partial charge < -0.3 is 10.1 Å². The molecule has 122 valence electrons. The van der Waals surface area contributed by atoms with Crippen molar-refractivity contribution in [1.82, 2.24) is 4.90 Å². The van der Waals surface area contributed by atoms with Crippen molar-refractivity contribution in [3.63, 3.8) is 0 Å². The van der Waals surface area contributed by atoms with Crippen LogP contribution in [0.1, 0.15) is 20.7 Å². The van der Waals surface area contributed by atoms with E-state index in [1.807, 2.05) is 0 Å². The molecule has 1 unspecified atom stereocenters. The molecule has 5 nitrogen and oxygen atoms in total. The van der Waals surface area contributed by atoms with Gasteiger partial charge in [0.2, 0.25) is 0 Å². The van der Waals surface area contributed by atoms with Gasteiger partial charge in [-0.2, -0.15) is 0 Å². The van der Waals surface area contributed by atoms with Crippen LogP contribution in [0, 0.1) is 5.82 Å². The van der Waals surface area contributed by atoms with E-state index in [-0.39, 0.29) is 24.1 Å². The second kappa shape index (κ2) is 5.59. The van der Waals surface area contributed by atoms with Crippen molar-refractivity contribution < 1.29 is 18.7 Å². The minimum atomic E-state index is -0.518. The molecular formula is C17H12BrFN2O3. The van der Waals surface area contributed by atoms with Gasteiger partial charge in [-0.15, -0.1) is 0 Å². The van der Waals surface area contributed by atoms with Crippen LogP contribution in [-0.2, 0) is 0 Å². The highest BCUT2D eigenvalue weighted by Crippen LogP contribution is 2.35. The number of halogens is 2. The van der Waals surface area contributed by atoms with Gasteiger partial charge in [-0.3, -0.25) is 14.5 Å². The van der Waals surface area contributed by atoms with E-state index in [9.17, 15) is 14.0 Å². The van der Waals surface area contributed by atoms with E-state index in [1.165, 1.54) is 6.07 Å². The number of hydrogen-bond donors (Lipinski definition) is 1. The van der Waals surface area contributed by atoms with E-state index in [0.29, 0.717) is 27.8 Å². The molecule has 2 aliphatic rings. The molecular weight excluding hydrogens is 379 g/mol. The first-order valence-corrected chi connectivity index (χ1v) is 8.18. The molecule has 0 bridgehead atoms. The molecule has 4 rings (SSSR count). The number of fused-ring (bicyclic) bond motifs is 2. The zero-order chi connectivity index (χ0) is 16.8. The molecule has 0 saturated carbocycles. The Kier molecular flexibility index (Phi) is 3.53. The minimum Gasteiger partial charge on any atom is -0.481 e. The number of ether oxygens (including phenoxy) is 1. The van der Waals surface area contributed by atoms with Gasteiger partial charge in [0.05, 0.1) is 29.9 Å². The smallest absolute Gasteiger partial charge is 0.261 e. The Morgan fingerprint density at radius 2 is 1.88 bits per heavy atom. The summed E-state index contributed by atoms with van der Waals surface area (Å²) in [6.45, 7) is 0.435. The second-order valence-electron chi connectivity index (χ2n) is 5.65. The molecule has 2 aliphatic heterocycles. The van der Waals surface area contributed by atoms with Crippen molar-refractivity contribution in [3.05, 3.63) is 57.8 Å². The van der Waals surface area contributed by atoms with Crippen LogP contribution in [0.15, 0.2) is 40.9 Å². The van der Waals surface area contributed by atoms with Gasteiger partial charge in [0, 0.05) is 4.47 Å². The first kappa shape index (κ1) is 15.1. The van der Waals surface area contributed by atoms with Crippen molar-refractivity contribution in [3.8, 4) is 5.75 Å². The lowest BCUT2D eigenvalue weighted by Gasteiger charge is -2.30. The number of hydrogen-bond acceptors (Lipinski definition) is 4. The fourth-order valence-electron chi connectivity index (χ4n) is 2.95. The molecule has 0 radical (unpaired) electrons. The fraction of sp³-hybridized carbons (Fsp3) is 0.176. The van der Waals surface area contributed by atoms with Gasteiger partial charge in [0.15, 0.2) is 11.6 Å². The van der Waals surface area contributed by atoms with Crippen LogP contribution in [0.2, 0.25) is 0 Å². The van der Waals surface area contributed by atoms with Crippen LogP contribution >= 0.6 is 15.9 Å². The summed E-state index contributed by atoms with van der Waals surface area (Å²) < 4.78 is 20.3. The maximum atomic E-state index is 14.0. The molecule has 2 aromatic carbocycles. The molecule has 2 amide bonds. The molecule has 1 N–H and O–H groups in total. The summed E-state index contributed by atoms with van der Waals surface area (Å²) >= 11 is 3.23. The van der Waals surface area contributed by atoms with E-state index < -0.39 is 11.9 Å². The summed E-state index contributed by atoms with van der Waals surface area (Å²) in [5, 5.41) is 3.07. The van der Waals surface area contributed by atoms with E-state index >= 15 is 0 Å². The van der Waals surface area contributed by atoms with Crippen LogP contribution < -0.4 is 10.1 Å². The summed E-state index contributed by atoms with van der Waals surface area (Å²) in [5.74, 6) is -1.09. The van der Waals surface area contributed by atoms with Gasteiger partial charge in [-0.25, -0.2) is 4.39 Å². The lowest BCUT2D eigenvalue weighted by molar-refractivity contribution is 0.0573. The van der Waals surface area contributed by atoms with Crippen molar-refractivity contribution >= 4 is 33.4 Å². The predicted molar refractivity (Wildman–Crippen MR) is 88.8 cm³/mol. The Balaban J connectivity index is 1.56. The summed E-state index contributed by atoms with van der Waals surface area (Å²) in [7, 11) is 0. The number of amides is 2. The zero-order valence-electron chi connectivity index (χ0n) is 12.4. The highest BCUT2D eigenvalue weighted by Gasteiger charge is 2.37. The van der Waals surface area contributed by atoms with Crippen LogP contribution in [-0.4, -0.2) is 35.9 Å². The zero-order valence-corrected chi connectivity index (χ0v) is 14.0. The average Bonchev–Trinajstić information content (AvgIpc) is 2.81. The standard InChI is InChI=1S/C17H12BrFN2O3/c18-9-5-13(19)15-14(6-9)20-7-10(24-15)8-21-16(22)11-3-1-2-4-12(11)17(21)23/h1-6,10,20H,7-8H2. The first-order chi connectivity index (χ1) is 11.5. The van der Waals surface area contributed by atoms with Gasteiger partial charge >= 0.3 is 0 Å². The van der Waals surface area contributed by atoms with Crippen LogP contribution in [0.3, 0.4) is 0 Å². The van der Waals surface area contributed by atoms with Crippen LogP contribution in [0.4, 0.5) is 10.1 Å². The number of rotatable bonds is 2. The number of carbonyl (C=O) groups is 2. The monoisotopic (exact) mass is 390 g/mol. The summed E-state index contributed by atoms with van der Waals surface area (Å²) in [4.78, 5) is 25.9. The summed E-state index contributed by atoms with van der Waals surface area (Å²) in [5.41, 5.74) is 1.32. The average molecular weight is 391 g/mol. The van der Waals surface area contributed by atoms with Crippen molar-refractivity contribution in [1.29, 1.82) is 0 Å². The van der Waals surface area contributed by atoms with Gasteiger partial charge in [-0.05, 0) is 24.3 Å². The van der Waals surface area contributed by atoms with Crippen LogP contribution in [0.25, 0.3) is 0 Å². The van der Waals surface area contributed by atoms with Crippen molar-refractivity contribution in [2.75, 3.05) is 18.4 Å². The lowest BCUT2D eigenvalue weighted by Crippen LogP contribution is -2.44. The third-order valence-electron chi connectivity index (χ3n) is 4.08. The van der Waals surface area contributed by atoms with E-state index in [2.05, 4.69) is 21.2 Å². The topological polar surface area (TPSA) is 58.6 Å². The molecule has 0 spiro atoms. The minimum absolute atomic E-state index is 0.0638. The molecule has 2 heterocycles. The normalized spacial score (nSPS) is 18.8. The lowest BCUT2D eigenvalue weighted by atomic mass is 10.1. The van der Waals surface area contributed by atoms with Gasteiger partial charge in [0.25, 0.3) is 11.8 Å². The number of carbonyl (C=O) groups excluding carboxylic acids is 2. The highest BCUT2D eigenvalue weighted by molar-refractivity contribution is 9.10. The predicted octanol–water partition coefficient (Wildman–Crippen LogP) is 3.06. The maximum absolute atomic E-state index is 14.0. The molecule has 1 atom stereocenters. The third-order valence-corrected chi connectivity index (χ3v) is 4.54. The van der Waals surface area contributed by atoms with E-state index in [4.69, 9.17) is 4.74 Å². The number of nitrogens with zero attached hydrogens (tertiary/aromatic N) is 1. The molecule has 0 aliphatic carbocycles. The van der Waals surface area contributed by atoms with Gasteiger partial charge in [0.1, 0.15) is 6.10 Å². The maximum Gasteiger partial charge on any atom is 0.261 e.